The van der Waals surface area contributed by atoms with Crippen LogP contribution in [0.15, 0.2) is 12.2 Å². The van der Waals surface area contributed by atoms with E-state index in [9.17, 15) is 9.59 Å². The fraction of sp³-hybridized carbons (Fsp3) is 0.556. The molecule has 1 rings (SSSR count). The van der Waals surface area contributed by atoms with E-state index in [0.717, 1.165) is 0 Å². The molecule has 0 saturated heterocycles. The van der Waals surface area contributed by atoms with Crippen LogP contribution >= 0.6 is 0 Å². The molecule has 0 amide bonds. The number of carbonyl (C=O) groups is 2. The van der Waals surface area contributed by atoms with Crippen LogP contribution in [0.25, 0.3) is 0 Å². The van der Waals surface area contributed by atoms with Crippen LogP contribution in [-0.2, 0) is 9.59 Å². The van der Waals surface area contributed by atoms with E-state index < -0.39 is 17.4 Å². The summed E-state index contributed by atoms with van der Waals surface area (Å²) in [6.45, 7) is 0. The maximum atomic E-state index is 10.5. The molecule has 1 aliphatic rings. The lowest BCUT2D eigenvalue weighted by molar-refractivity contribution is -0.143. The molecule has 2 N–H and O–H groups in total. The highest BCUT2D eigenvalue weighted by molar-refractivity contribution is 5.72. The molecule has 13 heavy (non-hydrogen) atoms. The number of hydrogen-bond acceptors (Lipinski definition) is 2. The predicted octanol–water partition coefficient (Wildman–Crippen LogP) is 1.27. The summed E-state index contributed by atoms with van der Waals surface area (Å²) in [6, 6.07) is 0. The molecule has 0 aromatic heterocycles. The van der Waals surface area contributed by atoms with Crippen molar-refractivity contribution in [1.82, 2.24) is 0 Å². The Bertz CT molecular complexity index is 228. The summed E-state index contributed by atoms with van der Waals surface area (Å²) < 4.78 is 0. The molecule has 4 nitrogen and oxygen atoms in total. The normalized spacial score (nSPS) is 18.8. The zero-order valence-corrected chi connectivity index (χ0v) is 7.19. The molecule has 0 bridgehead atoms. The standard InChI is InChI=1S/C9H12O4/c10-7(11)5-9(6-8(12)13)3-1-2-4-9/h1-2H,3-6H2,(H,10,11)(H,12,13). The lowest BCUT2D eigenvalue weighted by Crippen LogP contribution is -2.24. The molecule has 0 saturated carbocycles. The van der Waals surface area contributed by atoms with Gasteiger partial charge in [-0.15, -0.1) is 0 Å². The topological polar surface area (TPSA) is 74.6 Å². The van der Waals surface area contributed by atoms with Crippen LogP contribution in [0.4, 0.5) is 0 Å². The van der Waals surface area contributed by atoms with Crippen molar-refractivity contribution in [3.8, 4) is 0 Å². The number of rotatable bonds is 4. The Morgan fingerprint density at radius 2 is 1.46 bits per heavy atom. The molecule has 0 aromatic rings. The highest BCUT2D eigenvalue weighted by atomic mass is 16.4. The van der Waals surface area contributed by atoms with Crippen molar-refractivity contribution in [2.45, 2.75) is 25.7 Å². The average Bonchev–Trinajstić information content (AvgIpc) is 2.33. The Morgan fingerprint density at radius 1 is 1.08 bits per heavy atom. The van der Waals surface area contributed by atoms with Gasteiger partial charge < -0.3 is 10.2 Å². The summed E-state index contributed by atoms with van der Waals surface area (Å²) in [4.78, 5) is 21.0. The second-order valence-electron chi connectivity index (χ2n) is 3.52. The van der Waals surface area contributed by atoms with Gasteiger partial charge in [-0.1, -0.05) is 12.2 Å². The third kappa shape index (κ3) is 2.57. The van der Waals surface area contributed by atoms with Gasteiger partial charge in [-0.05, 0) is 18.3 Å². The lowest BCUT2D eigenvalue weighted by atomic mass is 9.79. The van der Waals surface area contributed by atoms with Gasteiger partial charge >= 0.3 is 11.9 Å². The minimum absolute atomic E-state index is 0.0632. The van der Waals surface area contributed by atoms with Gasteiger partial charge in [0.05, 0.1) is 12.8 Å². The molecule has 0 spiro atoms. The molecule has 0 heterocycles. The highest BCUT2D eigenvalue weighted by Gasteiger charge is 2.35. The van der Waals surface area contributed by atoms with E-state index in [0.29, 0.717) is 12.8 Å². The summed E-state index contributed by atoms with van der Waals surface area (Å²) in [6.07, 6.45) is 4.70. The summed E-state index contributed by atoms with van der Waals surface area (Å²) in [5.74, 6) is -1.85. The van der Waals surface area contributed by atoms with Crippen molar-refractivity contribution >= 4 is 11.9 Å². The third-order valence-corrected chi connectivity index (χ3v) is 2.32. The first kappa shape index (κ1) is 9.77. The van der Waals surface area contributed by atoms with E-state index in [1.54, 1.807) is 0 Å². The van der Waals surface area contributed by atoms with Gasteiger partial charge in [-0.3, -0.25) is 9.59 Å². The predicted molar refractivity (Wildman–Crippen MR) is 45.3 cm³/mol. The summed E-state index contributed by atoms with van der Waals surface area (Å²) >= 11 is 0. The van der Waals surface area contributed by atoms with Gasteiger partial charge in [0, 0.05) is 0 Å². The first-order valence-electron chi connectivity index (χ1n) is 4.13. The maximum Gasteiger partial charge on any atom is 0.303 e. The van der Waals surface area contributed by atoms with Crippen molar-refractivity contribution in [3.63, 3.8) is 0 Å². The summed E-state index contributed by atoms with van der Waals surface area (Å²) in [7, 11) is 0. The minimum Gasteiger partial charge on any atom is -0.481 e. The van der Waals surface area contributed by atoms with Crippen LogP contribution in [-0.4, -0.2) is 22.2 Å². The maximum absolute atomic E-state index is 10.5. The van der Waals surface area contributed by atoms with Crippen LogP contribution < -0.4 is 0 Å². The number of allylic oxidation sites excluding steroid dienone is 2. The lowest BCUT2D eigenvalue weighted by Gasteiger charge is -2.24. The van der Waals surface area contributed by atoms with Crippen molar-refractivity contribution < 1.29 is 19.8 Å². The average molecular weight is 184 g/mol. The second-order valence-corrected chi connectivity index (χ2v) is 3.52. The molecule has 1 aliphatic carbocycles. The fourth-order valence-corrected chi connectivity index (χ4v) is 1.74. The van der Waals surface area contributed by atoms with E-state index in [1.807, 2.05) is 12.2 Å². The monoisotopic (exact) mass is 184 g/mol. The van der Waals surface area contributed by atoms with Gasteiger partial charge in [0.2, 0.25) is 0 Å². The Balaban J connectivity index is 2.64. The fourth-order valence-electron chi connectivity index (χ4n) is 1.74. The molecule has 4 heteroatoms. The van der Waals surface area contributed by atoms with Gasteiger partial charge in [-0.25, -0.2) is 0 Å². The third-order valence-electron chi connectivity index (χ3n) is 2.32. The molecule has 0 radical (unpaired) electrons. The van der Waals surface area contributed by atoms with Gasteiger partial charge in [0.15, 0.2) is 0 Å². The molecule has 72 valence electrons. The van der Waals surface area contributed by atoms with Crippen LogP contribution in [0.5, 0.6) is 0 Å². The zero-order chi connectivity index (χ0) is 9.90. The Labute approximate surface area is 75.9 Å². The van der Waals surface area contributed by atoms with Crippen molar-refractivity contribution in [3.05, 3.63) is 12.2 Å². The van der Waals surface area contributed by atoms with E-state index in [2.05, 4.69) is 0 Å². The Kier molecular flexibility index (Phi) is 2.70. The molecular weight excluding hydrogens is 172 g/mol. The molecular formula is C9H12O4. The quantitative estimate of drug-likeness (QED) is 0.645. The van der Waals surface area contributed by atoms with Crippen molar-refractivity contribution in [2.24, 2.45) is 5.41 Å². The van der Waals surface area contributed by atoms with E-state index in [1.165, 1.54) is 0 Å². The molecule has 0 unspecified atom stereocenters. The Hall–Kier alpha value is -1.32. The number of aliphatic carboxylic acids is 2. The van der Waals surface area contributed by atoms with Crippen LogP contribution in [0.1, 0.15) is 25.7 Å². The first-order valence-corrected chi connectivity index (χ1v) is 4.13. The van der Waals surface area contributed by atoms with E-state index in [4.69, 9.17) is 10.2 Å². The van der Waals surface area contributed by atoms with Crippen LogP contribution in [0.3, 0.4) is 0 Å². The molecule has 0 aliphatic heterocycles. The van der Waals surface area contributed by atoms with Crippen molar-refractivity contribution in [2.75, 3.05) is 0 Å². The van der Waals surface area contributed by atoms with Crippen LogP contribution in [0.2, 0.25) is 0 Å². The number of carboxylic acid groups (broad SMARTS) is 2. The summed E-state index contributed by atoms with van der Waals surface area (Å²) in [5, 5.41) is 17.3. The second kappa shape index (κ2) is 3.60. The van der Waals surface area contributed by atoms with Crippen LogP contribution in [0, 0.1) is 5.41 Å². The largest absolute Gasteiger partial charge is 0.481 e. The molecule has 0 fully saturated rings. The minimum atomic E-state index is -0.926. The smallest absolute Gasteiger partial charge is 0.303 e. The SMILES string of the molecule is O=C(O)CC1(CC(=O)O)CC=CC1. The summed E-state index contributed by atoms with van der Waals surface area (Å²) in [5.41, 5.74) is -0.572. The molecule has 0 aromatic carbocycles. The van der Waals surface area contributed by atoms with Gasteiger partial charge in [0.1, 0.15) is 0 Å². The highest BCUT2D eigenvalue weighted by Crippen LogP contribution is 2.39. The number of carboxylic acids is 2. The van der Waals surface area contributed by atoms with Gasteiger partial charge in [0.25, 0.3) is 0 Å². The zero-order valence-electron chi connectivity index (χ0n) is 7.19. The van der Waals surface area contributed by atoms with Gasteiger partial charge in [-0.2, -0.15) is 0 Å². The number of hydrogen-bond donors (Lipinski definition) is 2. The first-order chi connectivity index (χ1) is 6.04. The Morgan fingerprint density at radius 3 is 1.77 bits per heavy atom. The van der Waals surface area contributed by atoms with Crippen molar-refractivity contribution in [1.29, 1.82) is 0 Å². The van der Waals surface area contributed by atoms with E-state index >= 15 is 0 Å². The van der Waals surface area contributed by atoms with E-state index in [-0.39, 0.29) is 12.8 Å². The molecule has 0 atom stereocenters.